The maximum atomic E-state index is 11.9. The minimum Gasteiger partial charge on any atom is -0.330 e. The molecule has 0 saturated carbocycles. The number of benzene rings is 2. The summed E-state index contributed by atoms with van der Waals surface area (Å²) in [7, 11) is 0. The average molecular weight is 384 g/mol. The van der Waals surface area contributed by atoms with E-state index in [1.165, 1.54) is 23.1 Å². The molecule has 2 N–H and O–H groups in total. The van der Waals surface area contributed by atoms with Gasteiger partial charge >= 0.3 is 0 Å². The molecule has 2 amide bonds. The Morgan fingerprint density at radius 2 is 1.62 bits per heavy atom. The zero-order valence-corrected chi connectivity index (χ0v) is 15.3. The van der Waals surface area contributed by atoms with E-state index in [0.29, 0.717) is 9.47 Å². The van der Waals surface area contributed by atoms with Gasteiger partial charge in [-0.1, -0.05) is 71.6 Å². The van der Waals surface area contributed by atoms with Gasteiger partial charge in [0.05, 0.1) is 12.2 Å². The van der Waals surface area contributed by atoms with Crippen LogP contribution in [0.4, 0.5) is 10.8 Å². The Morgan fingerprint density at radius 3 is 2.35 bits per heavy atom. The lowest BCUT2D eigenvalue weighted by Crippen LogP contribution is -2.33. The lowest BCUT2D eigenvalue weighted by Gasteiger charge is -2.03. The van der Waals surface area contributed by atoms with Gasteiger partial charge in [-0.25, -0.2) is 0 Å². The van der Waals surface area contributed by atoms with E-state index in [1.54, 1.807) is 0 Å². The molecular formula is C18H16N4O2S2. The van der Waals surface area contributed by atoms with Crippen molar-refractivity contribution in [3.63, 3.8) is 0 Å². The number of hydrogen-bond acceptors (Lipinski definition) is 7. The predicted molar refractivity (Wildman–Crippen MR) is 104 cm³/mol. The molecule has 3 aromatic rings. The molecule has 0 aliphatic rings. The highest BCUT2D eigenvalue weighted by Gasteiger charge is 2.11. The van der Waals surface area contributed by atoms with Crippen LogP contribution in [0.25, 0.3) is 0 Å². The zero-order chi connectivity index (χ0) is 18.2. The summed E-state index contributed by atoms with van der Waals surface area (Å²) in [5, 5.41) is 14.3. The highest BCUT2D eigenvalue weighted by molar-refractivity contribution is 8.01. The highest BCUT2D eigenvalue weighted by Crippen LogP contribution is 2.27. The summed E-state index contributed by atoms with van der Waals surface area (Å²) in [5.41, 5.74) is 1.79. The van der Waals surface area contributed by atoms with Crippen molar-refractivity contribution in [2.45, 2.75) is 10.8 Å². The second-order valence-corrected chi connectivity index (χ2v) is 7.49. The minimum atomic E-state index is -0.344. The predicted octanol–water partition coefficient (Wildman–Crippen LogP) is 3.26. The number of anilines is 2. The molecule has 2 aromatic carbocycles. The third-order valence-corrected chi connectivity index (χ3v) is 5.22. The van der Waals surface area contributed by atoms with E-state index in [0.717, 1.165) is 11.3 Å². The van der Waals surface area contributed by atoms with Gasteiger partial charge in [-0.3, -0.25) is 14.9 Å². The first-order valence-corrected chi connectivity index (χ1v) is 9.64. The molecule has 0 aliphatic carbocycles. The molecule has 0 aliphatic heterocycles. The van der Waals surface area contributed by atoms with Crippen molar-refractivity contribution in [2.75, 3.05) is 11.1 Å². The number of hydrogen-bond donors (Lipinski definition) is 2. The van der Waals surface area contributed by atoms with Crippen LogP contribution in [0.3, 0.4) is 0 Å². The number of carbonyl (C=O) groups excluding carboxylic acids is 2. The number of carbonyl (C=O) groups is 2. The lowest BCUT2D eigenvalue weighted by molar-refractivity contribution is -0.128. The molecular weight excluding hydrogens is 368 g/mol. The molecule has 0 atom stereocenters. The monoisotopic (exact) mass is 384 g/mol. The fourth-order valence-electron chi connectivity index (χ4n) is 2.11. The number of para-hydroxylation sites is 1. The van der Waals surface area contributed by atoms with E-state index >= 15 is 0 Å². The molecule has 26 heavy (non-hydrogen) atoms. The van der Waals surface area contributed by atoms with E-state index in [4.69, 9.17) is 0 Å². The van der Waals surface area contributed by atoms with Crippen molar-refractivity contribution in [2.24, 2.45) is 0 Å². The zero-order valence-electron chi connectivity index (χ0n) is 13.7. The second-order valence-electron chi connectivity index (χ2n) is 5.29. The molecule has 3 rings (SSSR count). The summed E-state index contributed by atoms with van der Waals surface area (Å²) < 4.78 is 0.661. The Balaban J connectivity index is 1.44. The summed E-state index contributed by atoms with van der Waals surface area (Å²) in [6, 6.07) is 18.9. The molecule has 0 radical (unpaired) electrons. The standard InChI is InChI=1S/C18H16N4O2S2/c23-15(11-13-7-3-1-4-8-13)20-16(24)12-25-18-22-21-17(26-18)19-14-9-5-2-6-10-14/h1-10H,11-12H2,(H,19,21)(H,20,23,24). The third-order valence-electron chi connectivity index (χ3n) is 3.24. The van der Waals surface area contributed by atoms with Gasteiger partial charge in [-0.2, -0.15) is 0 Å². The van der Waals surface area contributed by atoms with Crippen LogP contribution >= 0.6 is 23.1 Å². The van der Waals surface area contributed by atoms with E-state index in [2.05, 4.69) is 20.8 Å². The van der Waals surface area contributed by atoms with Crippen LogP contribution in [0.5, 0.6) is 0 Å². The van der Waals surface area contributed by atoms with Crippen molar-refractivity contribution < 1.29 is 9.59 Å². The molecule has 6 nitrogen and oxygen atoms in total. The Labute approximate surface area is 159 Å². The molecule has 0 unspecified atom stereocenters. The van der Waals surface area contributed by atoms with Gasteiger partial charge in [0.15, 0.2) is 4.34 Å². The van der Waals surface area contributed by atoms with Gasteiger partial charge in [-0.05, 0) is 17.7 Å². The van der Waals surface area contributed by atoms with Crippen molar-refractivity contribution >= 4 is 45.7 Å². The first-order valence-electron chi connectivity index (χ1n) is 7.84. The number of rotatable bonds is 7. The van der Waals surface area contributed by atoms with Gasteiger partial charge in [-0.15, -0.1) is 10.2 Å². The fraction of sp³-hybridized carbons (Fsp3) is 0.111. The van der Waals surface area contributed by atoms with Crippen LogP contribution in [0.15, 0.2) is 65.0 Å². The molecule has 0 bridgehead atoms. The summed E-state index contributed by atoms with van der Waals surface area (Å²) in [6.45, 7) is 0. The van der Waals surface area contributed by atoms with Crippen LogP contribution in [0.1, 0.15) is 5.56 Å². The Morgan fingerprint density at radius 1 is 0.923 bits per heavy atom. The maximum absolute atomic E-state index is 11.9. The number of amides is 2. The Kier molecular flexibility index (Phi) is 6.34. The average Bonchev–Trinajstić information content (AvgIpc) is 3.09. The van der Waals surface area contributed by atoms with E-state index in [1.807, 2.05) is 60.7 Å². The number of aromatic nitrogens is 2. The smallest absolute Gasteiger partial charge is 0.237 e. The topological polar surface area (TPSA) is 84.0 Å². The summed E-state index contributed by atoms with van der Waals surface area (Å²) in [6.07, 6.45) is 0.182. The van der Waals surface area contributed by atoms with Crippen LogP contribution in [-0.2, 0) is 16.0 Å². The van der Waals surface area contributed by atoms with E-state index in [9.17, 15) is 9.59 Å². The van der Waals surface area contributed by atoms with Crippen molar-refractivity contribution in [3.05, 3.63) is 66.2 Å². The second kappa shape index (κ2) is 9.12. The maximum Gasteiger partial charge on any atom is 0.237 e. The van der Waals surface area contributed by atoms with Crippen molar-refractivity contribution in [1.29, 1.82) is 0 Å². The van der Waals surface area contributed by atoms with Gasteiger partial charge in [0, 0.05) is 5.69 Å². The van der Waals surface area contributed by atoms with Gasteiger partial charge in [0.2, 0.25) is 16.9 Å². The fourth-order valence-corrected chi connectivity index (χ4v) is 3.68. The van der Waals surface area contributed by atoms with Crippen LogP contribution in [0.2, 0.25) is 0 Å². The third kappa shape index (κ3) is 5.68. The van der Waals surface area contributed by atoms with E-state index < -0.39 is 0 Å². The quantitative estimate of drug-likeness (QED) is 0.608. The van der Waals surface area contributed by atoms with Crippen molar-refractivity contribution in [3.8, 4) is 0 Å². The molecule has 132 valence electrons. The molecule has 0 spiro atoms. The van der Waals surface area contributed by atoms with E-state index in [-0.39, 0.29) is 24.0 Å². The molecule has 1 heterocycles. The van der Waals surface area contributed by atoms with Crippen LogP contribution in [-0.4, -0.2) is 27.8 Å². The van der Waals surface area contributed by atoms with Crippen molar-refractivity contribution in [1.82, 2.24) is 15.5 Å². The largest absolute Gasteiger partial charge is 0.330 e. The Bertz CT molecular complexity index is 869. The SMILES string of the molecule is O=C(CSc1nnc(Nc2ccccc2)s1)NC(=O)Cc1ccccc1. The van der Waals surface area contributed by atoms with Gasteiger partial charge in [0.1, 0.15) is 0 Å². The highest BCUT2D eigenvalue weighted by atomic mass is 32.2. The van der Waals surface area contributed by atoms with Gasteiger partial charge < -0.3 is 5.32 Å². The first-order chi connectivity index (χ1) is 12.7. The summed E-state index contributed by atoms with van der Waals surface area (Å²) in [4.78, 5) is 23.8. The van der Waals surface area contributed by atoms with Crippen LogP contribution in [0, 0.1) is 0 Å². The summed E-state index contributed by atoms with van der Waals surface area (Å²) >= 11 is 2.60. The first kappa shape index (κ1) is 18.1. The number of thioether (sulfide) groups is 1. The number of nitrogens with one attached hydrogen (secondary N) is 2. The number of imide groups is 1. The molecule has 8 heteroatoms. The molecule has 0 fully saturated rings. The van der Waals surface area contributed by atoms with Crippen LogP contribution < -0.4 is 10.6 Å². The molecule has 0 saturated heterocycles. The normalized spacial score (nSPS) is 10.3. The Hall–Kier alpha value is -2.71. The minimum absolute atomic E-state index is 0.112. The number of nitrogens with zero attached hydrogens (tertiary/aromatic N) is 2. The van der Waals surface area contributed by atoms with Gasteiger partial charge in [0.25, 0.3) is 0 Å². The lowest BCUT2D eigenvalue weighted by atomic mass is 10.1. The molecule has 1 aromatic heterocycles. The summed E-state index contributed by atoms with van der Waals surface area (Å²) in [5.74, 6) is -0.547.